The van der Waals surface area contributed by atoms with E-state index in [0.29, 0.717) is 0 Å². The molecular formula is C16H34ClNO. The number of ether oxygens (including phenoxy) is 1. The fraction of sp³-hybridized carbons (Fsp3) is 1.00. The molecule has 3 heteroatoms. The molecule has 1 aliphatic rings. The quantitative estimate of drug-likeness (QED) is 0.574. The van der Waals surface area contributed by atoms with Gasteiger partial charge in [-0.05, 0) is 12.8 Å². The zero-order valence-corrected chi connectivity index (χ0v) is 13.8. The Morgan fingerprint density at radius 1 is 0.895 bits per heavy atom. The van der Waals surface area contributed by atoms with E-state index in [-0.39, 0.29) is 18.0 Å². The molecule has 2 nitrogen and oxygen atoms in total. The van der Waals surface area contributed by atoms with Crippen molar-refractivity contribution in [2.24, 2.45) is 0 Å². The molecule has 0 aromatic carbocycles. The summed E-state index contributed by atoms with van der Waals surface area (Å²) in [5.41, 5.74) is 0.221. The van der Waals surface area contributed by atoms with Crippen molar-refractivity contribution in [3.05, 3.63) is 0 Å². The van der Waals surface area contributed by atoms with Crippen molar-refractivity contribution in [3.8, 4) is 0 Å². The van der Waals surface area contributed by atoms with Crippen molar-refractivity contribution >= 4 is 0 Å². The maximum atomic E-state index is 6.16. The first-order valence-corrected chi connectivity index (χ1v) is 8.28. The third-order valence-corrected chi connectivity index (χ3v) is 4.22. The number of rotatable bonds is 10. The Hall–Kier alpha value is 0.210. The van der Waals surface area contributed by atoms with Gasteiger partial charge in [-0.15, -0.1) is 0 Å². The van der Waals surface area contributed by atoms with Gasteiger partial charge in [0.1, 0.15) is 12.1 Å². The Morgan fingerprint density at radius 2 is 1.53 bits per heavy atom. The molecule has 1 rings (SSSR count). The van der Waals surface area contributed by atoms with Crippen molar-refractivity contribution in [2.45, 2.75) is 83.7 Å². The van der Waals surface area contributed by atoms with Crippen LogP contribution in [-0.2, 0) is 4.74 Å². The summed E-state index contributed by atoms with van der Waals surface area (Å²) >= 11 is 0. The minimum atomic E-state index is 0. The highest BCUT2D eigenvalue weighted by atomic mass is 35.5. The summed E-state index contributed by atoms with van der Waals surface area (Å²) in [4.78, 5) is 0. The second-order valence-corrected chi connectivity index (χ2v) is 5.93. The average Bonchev–Trinajstić information content (AvgIpc) is 2.42. The van der Waals surface area contributed by atoms with Crippen LogP contribution < -0.4 is 17.7 Å². The van der Waals surface area contributed by atoms with Gasteiger partial charge in [0.25, 0.3) is 0 Å². The van der Waals surface area contributed by atoms with Crippen molar-refractivity contribution in [1.29, 1.82) is 0 Å². The third-order valence-electron chi connectivity index (χ3n) is 4.22. The Bertz CT molecular complexity index is 193. The predicted molar refractivity (Wildman–Crippen MR) is 77.9 cm³/mol. The Morgan fingerprint density at radius 3 is 2.16 bits per heavy atom. The van der Waals surface area contributed by atoms with Gasteiger partial charge in [-0.1, -0.05) is 65.2 Å². The largest absolute Gasteiger partial charge is 1.00 e. The van der Waals surface area contributed by atoms with Gasteiger partial charge in [0.15, 0.2) is 0 Å². The lowest BCUT2D eigenvalue weighted by Gasteiger charge is -2.35. The van der Waals surface area contributed by atoms with Crippen molar-refractivity contribution in [3.63, 3.8) is 0 Å². The first-order chi connectivity index (χ1) is 8.83. The number of hydrogen-bond acceptors (Lipinski definition) is 1. The molecule has 0 aromatic heterocycles. The minimum Gasteiger partial charge on any atom is -1.00 e. The number of halogens is 1. The van der Waals surface area contributed by atoms with Crippen molar-refractivity contribution < 1.29 is 22.5 Å². The molecule has 0 bridgehead atoms. The summed E-state index contributed by atoms with van der Waals surface area (Å²) in [5, 5.41) is 2.45. The number of morpholine rings is 1. The van der Waals surface area contributed by atoms with E-state index in [2.05, 4.69) is 19.2 Å². The standard InChI is InChI=1S/C16H33NO.ClH/c1-3-5-7-8-9-10-12-16(11-6-4-2)15-17-13-14-18-16;/h17H,3-15H2,1-2H3;1H. The first-order valence-electron chi connectivity index (χ1n) is 8.28. The van der Waals surface area contributed by atoms with Gasteiger partial charge < -0.3 is 22.5 Å². The van der Waals surface area contributed by atoms with E-state index in [1.165, 1.54) is 70.8 Å². The van der Waals surface area contributed by atoms with Crippen LogP contribution in [0.3, 0.4) is 0 Å². The van der Waals surface area contributed by atoms with Gasteiger partial charge in [-0.3, -0.25) is 0 Å². The molecule has 0 radical (unpaired) electrons. The number of quaternary nitrogens is 1. The summed E-state index contributed by atoms with van der Waals surface area (Å²) in [6.45, 7) is 7.88. The van der Waals surface area contributed by atoms with Crippen LogP contribution in [-0.4, -0.2) is 25.3 Å². The molecule has 0 aliphatic carbocycles. The van der Waals surface area contributed by atoms with Gasteiger partial charge in [0, 0.05) is 0 Å². The molecular weight excluding hydrogens is 258 g/mol. The number of unbranched alkanes of at least 4 members (excludes halogenated alkanes) is 6. The van der Waals surface area contributed by atoms with Crippen LogP contribution in [0.4, 0.5) is 0 Å². The monoisotopic (exact) mass is 291 g/mol. The van der Waals surface area contributed by atoms with Crippen LogP contribution in [0, 0.1) is 0 Å². The highest BCUT2D eigenvalue weighted by Crippen LogP contribution is 2.26. The van der Waals surface area contributed by atoms with E-state index in [0.717, 1.165) is 13.2 Å². The van der Waals surface area contributed by atoms with Crippen LogP contribution >= 0.6 is 0 Å². The Balaban J connectivity index is 0.00000324. The summed E-state index contributed by atoms with van der Waals surface area (Å²) in [7, 11) is 0. The van der Waals surface area contributed by atoms with Crippen LogP contribution in [0.25, 0.3) is 0 Å². The molecule has 1 unspecified atom stereocenters. The van der Waals surface area contributed by atoms with Crippen molar-refractivity contribution in [1.82, 2.24) is 0 Å². The normalized spacial score (nSPS) is 23.1. The molecule has 1 heterocycles. The first kappa shape index (κ1) is 19.2. The number of nitrogens with two attached hydrogens (primary N) is 1. The highest BCUT2D eigenvalue weighted by molar-refractivity contribution is 4.81. The summed E-state index contributed by atoms with van der Waals surface area (Å²) in [5.74, 6) is 0. The lowest BCUT2D eigenvalue weighted by Crippen LogP contribution is -3.00. The van der Waals surface area contributed by atoms with Crippen LogP contribution in [0.2, 0.25) is 0 Å². The van der Waals surface area contributed by atoms with Gasteiger partial charge in [0.05, 0.1) is 13.2 Å². The third kappa shape index (κ3) is 8.16. The van der Waals surface area contributed by atoms with E-state index in [1.807, 2.05) is 0 Å². The molecule has 1 aliphatic heterocycles. The Kier molecular flexibility index (Phi) is 12.1. The minimum absolute atomic E-state index is 0. The maximum Gasteiger partial charge on any atom is 0.117 e. The second kappa shape index (κ2) is 12.0. The molecule has 0 amide bonds. The van der Waals surface area contributed by atoms with E-state index in [9.17, 15) is 0 Å². The van der Waals surface area contributed by atoms with E-state index in [4.69, 9.17) is 4.74 Å². The van der Waals surface area contributed by atoms with Gasteiger partial charge >= 0.3 is 0 Å². The van der Waals surface area contributed by atoms with E-state index < -0.39 is 0 Å². The summed E-state index contributed by atoms with van der Waals surface area (Å²) in [6, 6.07) is 0. The molecule has 0 aromatic rings. The molecule has 1 fully saturated rings. The molecule has 116 valence electrons. The SMILES string of the molecule is CCCCCCCCC1(CCCC)C[NH2+]CCO1.[Cl-]. The average molecular weight is 292 g/mol. The molecule has 2 N–H and O–H groups in total. The predicted octanol–water partition coefficient (Wildman–Crippen LogP) is 0.264. The molecule has 0 saturated carbocycles. The lowest BCUT2D eigenvalue weighted by atomic mass is 9.89. The molecule has 1 saturated heterocycles. The summed E-state index contributed by atoms with van der Waals surface area (Å²) in [6.07, 6.45) is 13.5. The Labute approximate surface area is 126 Å². The maximum absolute atomic E-state index is 6.16. The molecule has 0 spiro atoms. The molecule has 1 atom stereocenters. The van der Waals surface area contributed by atoms with Gasteiger partial charge in [0.2, 0.25) is 0 Å². The lowest BCUT2D eigenvalue weighted by molar-refractivity contribution is -0.686. The topological polar surface area (TPSA) is 25.8 Å². The zero-order chi connectivity index (χ0) is 13.1. The van der Waals surface area contributed by atoms with Gasteiger partial charge in [-0.2, -0.15) is 0 Å². The molecule has 19 heavy (non-hydrogen) atoms. The van der Waals surface area contributed by atoms with Gasteiger partial charge in [-0.25, -0.2) is 0 Å². The van der Waals surface area contributed by atoms with Crippen LogP contribution in [0.1, 0.15) is 78.1 Å². The fourth-order valence-electron chi connectivity index (χ4n) is 2.98. The van der Waals surface area contributed by atoms with Crippen LogP contribution in [0.15, 0.2) is 0 Å². The highest BCUT2D eigenvalue weighted by Gasteiger charge is 2.34. The second-order valence-electron chi connectivity index (χ2n) is 5.93. The smallest absolute Gasteiger partial charge is 0.117 e. The van der Waals surface area contributed by atoms with E-state index in [1.54, 1.807) is 0 Å². The summed E-state index contributed by atoms with van der Waals surface area (Å²) < 4.78 is 6.16. The van der Waals surface area contributed by atoms with E-state index >= 15 is 0 Å². The number of hydrogen-bond donors (Lipinski definition) is 1. The fourth-order valence-corrected chi connectivity index (χ4v) is 2.98. The van der Waals surface area contributed by atoms with Crippen molar-refractivity contribution in [2.75, 3.05) is 19.7 Å². The zero-order valence-electron chi connectivity index (χ0n) is 13.1. The van der Waals surface area contributed by atoms with Crippen LogP contribution in [0.5, 0.6) is 0 Å².